The third kappa shape index (κ3) is 4.65. The highest BCUT2D eigenvalue weighted by Crippen LogP contribution is 2.10. The van der Waals surface area contributed by atoms with Crippen molar-refractivity contribution in [3.8, 4) is 0 Å². The molecule has 0 unspecified atom stereocenters. The van der Waals surface area contributed by atoms with E-state index in [1.165, 1.54) is 9.75 Å². The van der Waals surface area contributed by atoms with Crippen LogP contribution in [0.5, 0.6) is 0 Å². The van der Waals surface area contributed by atoms with Crippen LogP contribution in [0.25, 0.3) is 0 Å². The lowest BCUT2D eigenvalue weighted by molar-refractivity contribution is 0.487. The Morgan fingerprint density at radius 1 is 1.15 bits per heavy atom. The lowest BCUT2D eigenvalue weighted by atomic mass is 10.3. The van der Waals surface area contributed by atoms with Gasteiger partial charge in [-0.05, 0) is 35.7 Å². The predicted octanol–water partition coefficient (Wildman–Crippen LogP) is 3.10. The average Bonchev–Trinajstić information content (AvgIpc) is 3.14. The SMILES string of the molecule is CN=C(NCCc1cccs1)N(C)CCc1cccs1. The Bertz CT molecular complexity index is 503. The summed E-state index contributed by atoms with van der Waals surface area (Å²) in [5.41, 5.74) is 0. The molecule has 2 aromatic rings. The first-order chi connectivity index (χ1) is 9.79. The van der Waals surface area contributed by atoms with Gasteiger partial charge in [0.2, 0.25) is 0 Å². The molecule has 0 aliphatic carbocycles. The summed E-state index contributed by atoms with van der Waals surface area (Å²) in [6, 6.07) is 8.57. The zero-order valence-electron chi connectivity index (χ0n) is 12.0. The number of hydrogen-bond donors (Lipinski definition) is 1. The van der Waals surface area contributed by atoms with E-state index in [1.807, 2.05) is 29.7 Å². The second-order valence-electron chi connectivity index (χ2n) is 4.55. The maximum absolute atomic E-state index is 4.35. The topological polar surface area (TPSA) is 27.6 Å². The van der Waals surface area contributed by atoms with Crippen molar-refractivity contribution in [1.82, 2.24) is 10.2 Å². The van der Waals surface area contributed by atoms with Gasteiger partial charge in [0, 0.05) is 36.9 Å². The van der Waals surface area contributed by atoms with Crippen molar-refractivity contribution in [2.24, 2.45) is 4.99 Å². The van der Waals surface area contributed by atoms with Gasteiger partial charge in [-0.1, -0.05) is 12.1 Å². The van der Waals surface area contributed by atoms with Crippen LogP contribution in [0.3, 0.4) is 0 Å². The van der Waals surface area contributed by atoms with Gasteiger partial charge in [0.25, 0.3) is 0 Å². The zero-order valence-corrected chi connectivity index (χ0v) is 13.6. The van der Waals surface area contributed by atoms with E-state index in [2.05, 4.69) is 57.3 Å². The summed E-state index contributed by atoms with van der Waals surface area (Å²) in [6.45, 7) is 1.91. The maximum Gasteiger partial charge on any atom is 0.193 e. The Labute approximate surface area is 129 Å². The van der Waals surface area contributed by atoms with E-state index in [0.29, 0.717) is 0 Å². The summed E-state index contributed by atoms with van der Waals surface area (Å²) in [6.07, 6.45) is 2.12. The highest BCUT2D eigenvalue weighted by Gasteiger charge is 2.06. The normalized spacial score (nSPS) is 11.6. The van der Waals surface area contributed by atoms with Crippen LogP contribution in [0.1, 0.15) is 9.75 Å². The molecule has 2 heterocycles. The van der Waals surface area contributed by atoms with Crippen molar-refractivity contribution in [1.29, 1.82) is 0 Å². The molecule has 0 aliphatic rings. The highest BCUT2D eigenvalue weighted by atomic mass is 32.1. The molecule has 0 radical (unpaired) electrons. The van der Waals surface area contributed by atoms with E-state index in [-0.39, 0.29) is 0 Å². The first kappa shape index (κ1) is 15.1. The van der Waals surface area contributed by atoms with E-state index in [1.54, 1.807) is 0 Å². The number of thiophene rings is 2. The average molecular weight is 307 g/mol. The smallest absolute Gasteiger partial charge is 0.193 e. The second kappa shape index (κ2) is 8.07. The number of rotatable bonds is 6. The fraction of sp³-hybridized carbons (Fsp3) is 0.400. The first-order valence-corrected chi connectivity index (χ1v) is 8.52. The van der Waals surface area contributed by atoms with Gasteiger partial charge in [0.05, 0.1) is 0 Å². The largest absolute Gasteiger partial charge is 0.356 e. The van der Waals surface area contributed by atoms with E-state index >= 15 is 0 Å². The van der Waals surface area contributed by atoms with Crippen molar-refractivity contribution in [2.45, 2.75) is 12.8 Å². The molecular weight excluding hydrogens is 286 g/mol. The molecule has 0 bridgehead atoms. The Hall–Kier alpha value is -1.33. The van der Waals surface area contributed by atoms with E-state index in [4.69, 9.17) is 0 Å². The quantitative estimate of drug-likeness (QED) is 0.656. The van der Waals surface area contributed by atoms with Gasteiger partial charge in [-0.2, -0.15) is 0 Å². The summed E-state index contributed by atoms with van der Waals surface area (Å²) in [4.78, 5) is 9.37. The molecule has 2 rings (SSSR count). The molecule has 0 spiro atoms. The molecular formula is C15H21N3S2. The number of nitrogens with zero attached hydrogens (tertiary/aromatic N) is 2. The zero-order chi connectivity index (χ0) is 14.2. The molecule has 108 valence electrons. The minimum atomic E-state index is 0.927. The van der Waals surface area contributed by atoms with Gasteiger partial charge in [0.1, 0.15) is 0 Å². The molecule has 0 saturated heterocycles. The molecule has 3 nitrogen and oxygen atoms in total. The number of likely N-dealkylation sites (N-methyl/N-ethyl adjacent to an activating group) is 1. The van der Waals surface area contributed by atoms with Gasteiger partial charge >= 0.3 is 0 Å². The monoisotopic (exact) mass is 307 g/mol. The van der Waals surface area contributed by atoms with Crippen LogP contribution in [-0.2, 0) is 12.8 Å². The molecule has 0 atom stereocenters. The van der Waals surface area contributed by atoms with Crippen molar-refractivity contribution in [3.05, 3.63) is 44.8 Å². The van der Waals surface area contributed by atoms with E-state index in [9.17, 15) is 0 Å². The Morgan fingerprint density at radius 3 is 2.35 bits per heavy atom. The van der Waals surface area contributed by atoms with Gasteiger partial charge in [-0.25, -0.2) is 0 Å². The fourth-order valence-corrected chi connectivity index (χ4v) is 3.38. The number of aliphatic imine (C=N–C) groups is 1. The Kier molecular flexibility index (Phi) is 6.08. The molecule has 0 fully saturated rings. The van der Waals surface area contributed by atoms with Crippen LogP contribution in [0, 0.1) is 0 Å². The summed E-state index contributed by atoms with van der Waals surface area (Å²) >= 11 is 3.62. The van der Waals surface area contributed by atoms with E-state index in [0.717, 1.165) is 31.9 Å². The number of hydrogen-bond acceptors (Lipinski definition) is 3. The summed E-state index contributed by atoms with van der Waals surface area (Å²) in [5, 5.41) is 7.67. The highest BCUT2D eigenvalue weighted by molar-refractivity contribution is 7.10. The molecule has 2 aromatic heterocycles. The van der Waals surface area contributed by atoms with Gasteiger partial charge < -0.3 is 10.2 Å². The van der Waals surface area contributed by atoms with Gasteiger partial charge in [-0.3, -0.25) is 4.99 Å². The van der Waals surface area contributed by atoms with E-state index < -0.39 is 0 Å². The molecule has 0 aliphatic heterocycles. The lowest BCUT2D eigenvalue weighted by Gasteiger charge is -2.21. The third-order valence-corrected chi connectivity index (χ3v) is 4.95. The molecule has 0 saturated carbocycles. The summed E-state index contributed by atoms with van der Waals surface area (Å²) in [5.74, 6) is 0.970. The minimum absolute atomic E-state index is 0.927. The van der Waals surface area contributed by atoms with Gasteiger partial charge in [0.15, 0.2) is 5.96 Å². The van der Waals surface area contributed by atoms with Crippen LogP contribution in [0.15, 0.2) is 40.0 Å². The lowest BCUT2D eigenvalue weighted by Crippen LogP contribution is -2.40. The van der Waals surface area contributed by atoms with Crippen molar-refractivity contribution < 1.29 is 0 Å². The van der Waals surface area contributed by atoms with Gasteiger partial charge in [-0.15, -0.1) is 22.7 Å². The third-order valence-electron chi connectivity index (χ3n) is 3.08. The van der Waals surface area contributed by atoms with Crippen LogP contribution in [-0.4, -0.2) is 38.0 Å². The van der Waals surface area contributed by atoms with Crippen LogP contribution >= 0.6 is 22.7 Å². The molecule has 1 N–H and O–H groups in total. The standard InChI is InChI=1S/C15H21N3S2/c1-16-15(17-9-7-13-5-3-11-19-13)18(2)10-8-14-6-4-12-20-14/h3-6,11-12H,7-10H2,1-2H3,(H,16,17). The number of guanidine groups is 1. The van der Waals surface area contributed by atoms with Crippen molar-refractivity contribution in [2.75, 3.05) is 27.2 Å². The summed E-state index contributed by atoms with van der Waals surface area (Å²) < 4.78 is 0. The number of nitrogens with one attached hydrogen (secondary N) is 1. The Balaban J connectivity index is 1.73. The molecule has 0 aromatic carbocycles. The first-order valence-electron chi connectivity index (χ1n) is 6.76. The van der Waals surface area contributed by atoms with Crippen molar-refractivity contribution >= 4 is 28.6 Å². The Morgan fingerprint density at radius 2 is 1.80 bits per heavy atom. The van der Waals surface area contributed by atoms with Crippen molar-refractivity contribution in [3.63, 3.8) is 0 Å². The molecule has 20 heavy (non-hydrogen) atoms. The molecule has 0 amide bonds. The fourth-order valence-electron chi connectivity index (χ4n) is 1.98. The molecule has 5 heteroatoms. The summed E-state index contributed by atoms with van der Waals surface area (Å²) in [7, 11) is 3.93. The van der Waals surface area contributed by atoms with Crippen LogP contribution < -0.4 is 5.32 Å². The van der Waals surface area contributed by atoms with Crippen LogP contribution in [0.2, 0.25) is 0 Å². The maximum atomic E-state index is 4.35. The second-order valence-corrected chi connectivity index (χ2v) is 6.62. The van der Waals surface area contributed by atoms with Crippen LogP contribution in [0.4, 0.5) is 0 Å². The minimum Gasteiger partial charge on any atom is -0.356 e. The predicted molar refractivity (Wildman–Crippen MR) is 90.0 cm³/mol.